The van der Waals surface area contributed by atoms with Crippen LogP contribution in [0.15, 0.2) is 43.0 Å². The van der Waals surface area contributed by atoms with Gasteiger partial charge >= 0.3 is 11.9 Å². The maximum atomic E-state index is 12.8. The van der Waals surface area contributed by atoms with Crippen molar-refractivity contribution >= 4 is 34.7 Å². The standard InChI is InChI=1S/C21H24N6O6/c22-14(5-11-8-24-15-4-2-1-3-13(11)15)19(30)26-16(6-12-9-23-10-25-12)20(31)27-17(21(32)33)7-18(28)29/h1-4,8-10,14,16-17,24H,5-7,22H2,(H,23,25)(H,26,30)(H,27,31)(H,28,29)(H,32,33)/t14-,16-,17-/m0/s1. The Morgan fingerprint density at radius 3 is 2.39 bits per heavy atom. The molecule has 0 aliphatic carbocycles. The number of aromatic amines is 2. The Bertz CT molecular complexity index is 1140. The molecule has 2 heterocycles. The van der Waals surface area contributed by atoms with Crippen LogP contribution in [0.3, 0.4) is 0 Å². The minimum atomic E-state index is -1.66. The molecule has 3 rings (SSSR count). The number of carboxylic acids is 2. The number of H-pyrrole nitrogens is 2. The maximum absolute atomic E-state index is 12.8. The van der Waals surface area contributed by atoms with Crippen LogP contribution in [0.1, 0.15) is 17.7 Å². The van der Waals surface area contributed by atoms with Gasteiger partial charge < -0.3 is 36.5 Å². The van der Waals surface area contributed by atoms with Crippen LogP contribution in [0.4, 0.5) is 0 Å². The molecule has 0 bridgehead atoms. The third-order valence-electron chi connectivity index (χ3n) is 5.05. The quantitative estimate of drug-likeness (QED) is 0.200. The van der Waals surface area contributed by atoms with Crippen molar-refractivity contribution in [3.8, 4) is 0 Å². The van der Waals surface area contributed by atoms with E-state index in [0.717, 1.165) is 16.5 Å². The molecular formula is C21H24N6O6. The smallest absolute Gasteiger partial charge is 0.326 e. The Labute approximate surface area is 187 Å². The molecule has 0 saturated carbocycles. The largest absolute Gasteiger partial charge is 0.481 e. The molecule has 8 N–H and O–H groups in total. The van der Waals surface area contributed by atoms with E-state index < -0.39 is 48.3 Å². The summed E-state index contributed by atoms with van der Waals surface area (Å²) < 4.78 is 0. The molecule has 3 aromatic rings. The van der Waals surface area contributed by atoms with Crippen molar-refractivity contribution in [3.05, 3.63) is 54.2 Å². The second-order valence-electron chi connectivity index (χ2n) is 7.49. The van der Waals surface area contributed by atoms with E-state index in [2.05, 4.69) is 25.6 Å². The first-order valence-electron chi connectivity index (χ1n) is 10.1. The zero-order chi connectivity index (χ0) is 24.0. The van der Waals surface area contributed by atoms with E-state index in [0.29, 0.717) is 5.69 Å². The number of nitrogens with one attached hydrogen (secondary N) is 4. The van der Waals surface area contributed by atoms with E-state index in [-0.39, 0.29) is 12.8 Å². The summed E-state index contributed by atoms with van der Waals surface area (Å²) in [6.07, 6.45) is 3.99. The van der Waals surface area contributed by atoms with E-state index in [1.54, 1.807) is 6.20 Å². The summed E-state index contributed by atoms with van der Waals surface area (Å²) in [6.45, 7) is 0. The Hall–Kier alpha value is -4.19. The first kappa shape index (κ1) is 23.5. The number of nitrogens with two attached hydrogens (primary N) is 1. The van der Waals surface area contributed by atoms with Crippen molar-refractivity contribution in [2.45, 2.75) is 37.4 Å². The van der Waals surface area contributed by atoms with Crippen LogP contribution in [0, 0.1) is 0 Å². The van der Waals surface area contributed by atoms with Gasteiger partial charge in [0.1, 0.15) is 12.1 Å². The highest BCUT2D eigenvalue weighted by atomic mass is 16.4. The number of nitrogens with zero attached hydrogens (tertiary/aromatic N) is 1. The van der Waals surface area contributed by atoms with E-state index in [1.165, 1.54) is 12.5 Å². The third kappa shape index (κ3) is 6.17. The van der Waals surface area contributed by atoms with Gasteiger partial charge in [-0.15, -0.1) is 0 Å². The molecule has 0 spiro atoms. The van der Waals surface area contributed by atoms with Gasteiger partial charge in [-0.25, -0.2) is 9.78 Å². The first-order valence-corrected chi connectivity index (χ1v) is 10.1. The highest BCUT2D eigenvalue weighted by Crippen LogP contribution is 2.18. The highest BCUT2D eigenvalue weighted by molar-refractivity contribution is 5.93. The number of para-hydroxylation sites is 1. The van der Waals surface area contributed by atoms with Crippen molar-refractivity contribution < 1.29 is 29.4 Å². The number of aromatic nitrogens is 3. The zero-order valence-corrected chi connectivity index (χ0v) is 17.4. The van der Waals surface area contributed by atoms with Crippen LogP contribution in [0.2, 0.25) is 0 Å². The average molecular weight is 456 g/mol. The van der Waals surface area contributed by atoms with Crippen LogP contribution >= 0.6 is 0 Å². The summed E-state index contributed by atoms with van der Waals surface area (Å²) in [5, 5.41) is 23.7. The number of carbonyl (C=O) groups excluding carboxylic acids is 2. The molecule has 3 atom stereocenters. The van der Waals surface area contributed by atoms with Crippen LogP contribution < -0.4 is 16.4 Å². The fourth-order valence-corrected chi connectivity index (χ4v) is 3.38. The Kier molecular flexibility index (Phi) is 7.41. The zero-order valence-electron chi connectivity index (χ0n) is 17.4. The summed E-state index contributed by atoms with van der Waals surface area (Å²) in [5.41, 5.74) is 8.25. The van der Waals surface area contributed by atoms with Crippen molar-refractivity contribution in [1.29, 1.82) is 0 Å². The molecular weight excluding hydrogens is 432 g/mol. The van der Waals surface area contributed by atoms with Gasteiger partial charge in [0, 0.05) is 29.7 Å². The maximum Gasteiger partial charge on any atom is 0.326 e. The number of hydrogen-bond acceptors (Lipinski definition) is 6. The van der Waals surface area contributed by atoms with Gasteiger partial charge in [-0.3, -0.25) is 14.4 Å². The van der Waals surface area contributed by atoms with E-state index in [9.17, 15) is 24.3 Å². The molecule has 0 unspecified atom stereocenters. The molecule has 2 aromatic heterocycles. The number of rotatable bonds is 11. The van der Waals surface area contributed by atoms with Crippen molar-refractivity contribution in [1.82, 2.24) is 25.6 Å². The van der Waals surface area contributed by atoms with Crippen LogP contribution in [0.25, 0.3) is 10.9 Å². The van der Waals surface area contributed by atoms with Crippen LogP contribution in [-0.2, 0) is 32.0 Å². The van der Waals surface area contributed by atoms with Crippen LogP contribution in [-0.4, -0.2) is 67.0 Å². The second-order valence-corrected chi connectivity index (χ2v) is 7.49. The number of amides is 2. The lowest BCUT2D eigenvalue weighted by molar-refractivity contribution is -0.147. The minimum Gasteiger partial charge on any atom is -0.481 e. The lowest BCUT2D eigenvalue weighted by atomic mass is 10.0. The molecule has 12 nitrogen and oxygen atoms in total. The van der Waals surface area contributed by atoms with Crippen molar-refractivity contribution in [2.75, 3.05) is 0 Å². The summed E-state index contributed by atoms with van der Waals surface area (Å²) in [4.78, 5) is 57.6. The van der Waals surface area contributed by atoms with Gasteiger partial charge in [0.2, 0.25) is 11.8 Å². The van der Waals surface area contributed by atoms with Gasteiger partial charge in [-0.2, -0.15) is 0 Å². The summed E-state index contributed by atoms with van der Waals surface area (Å²) in [5.74, 6) is -4.39. The summed E-state index contributed by atoms with van der Waals surface area (Å²) >= 11 is 0. The minimum absolute atomic E-state index is 0.0553. The SMILES string of the molecule is N[C@@H](Cc1c[nH]c2ccccc12)C(=O)N[C@@H](Cc1c[nH]cn1)C(=O)N[C@@H](CC(=O)O)C(=O)O. The molecule has 33 heavy (non-hydrogen) atoms. The van der Waals surface area contributed by atoms with Gasteiger partial charge in [0.15, 0.2) is 0 Å². The molecule has 0 radical (unpaired) electrons. The topological polar surface area (TPSA) is 203 Å². The van der Waals surface area contributed by atoms with Gasteiger partial charge in [-0.1, -0.05) is 18.2 Å². The molecule has 2 amide bonds. The number of fused-ring (bicyclic) bond motifs is 1. The first-order chi connectivity index (χ1) is 15.7. The molecule has 0 aliphatic heterocycles. The van der Waals surface area contributed by atoms with E-state index >= 15 is 0 Å². The monoisotopic (exact) mass is 456 g/mol. The summed E-state index contributed by atoms with van der Waals surface area (Å²) in [6, 6.07) is 3.67. The number of carboxylic acid groups (broad SMARTS) is 2. The molecule has 0 saturated heterocycles. The Morgan fingerprint density at radius 2 is 1.73 bits per heavy atom. The molecule has 174 valence electrons. The summed E-state index contributed by atoms with van der Waals surface area (Å²) in [7, 11) is 0. The lowest BCUT2D eigenvalue weighted by Crippen LogP contribution is -2.55. The molecule has 0 aliphatic rings. The molecule has 12 heteroatoms. The highest BCUT2D eigenvalue weighted by Gasteiger charge is 2.30. The average Bonchev–Trinajstić information content (AvgIpc) is 3.42. The van der Waals surface area contributed by atoms with Gasteiger partial charge in [-0.05, 0) is 18.1 Å². The van der Waals surface area contributed by atoms with Gasteiger partial charge in [0.05, 0.1) is 24.5 Å². The number of imidazole rings is 1. The fourth-order valence-electron chi connectivity index (χ4n) is 3.38. The Morgan fingerprint density at radius 1 is 1.00 bits per heavy atom. The third-order valence-corrected chi connectivity index (χ3v) is 5.05. The number of hydrogen-bond donors (Lipinski definition) is 7. The second kappa shape index (κ2) is 10.4. The van der Waals surface area contributed by atoms with Gasteiger partial charge in [0.25, 0.3) is 0 Å². The predicted molar refractivity (Wildman–Crippen MR) is 116 cm³/mol. The normalized spacial score (nSPS) is 13.7. The lowest BCUT2D eigenvalue weighted by Gasteiger charge is -2.22. The number of aliphatic carboxylic acids is 2. The molecule has 1 aromatic carbocycles. The Balaban J connectivity index is 1.71. The van der Waals surface area contributed by atoms with Crippen molar-refractivity contribution in [3.63, 3.8) is 0 Å². The molecule has 0 fully saturated rings. The van der Waals surface area contributed by atoms with E-state index in [1.807, 2.05) is 24.3 Å². The number of benzene rings is 1. The fraction of sp³-hybridized carbons (Fsp3) is 0.286. The van der Waals surface area contributed by atoms with Crippen LogP contribution in [0.5, 0.6) is 0 Å². The predicted octanol–water partition coefficient (Wildman–Crippen LogP) is -0.468. The number of carbonyl (C=O) groups is 4. The van der Waals surface area contributed by atoms with E-state index in [4.69, 9.17) is 10.8 Å². The van der Waals surface area contributed by atoms with Crippen molar-refractivity contribution in [2.24, 2.45) is 5.73 Å².